The number of furan rings is 1. The Hall–Kier alpha value is -1.46. The predicted octanol–water partition coefficient (Wildman–Crippen LogP) is 1.14. The van der Waals surface area contributed by atoms with E-state index in [-0.39, 0.29) is 6.42 Å². The van der Waals surface area contributed by atoms with Gasteiger partial charge in [-0.25, -0.2) is 0 Å². The maximum atomic E-state index is 10.8. The molecule has 1 aliphatic rings. The second-order valence-corrected chi connectivity index (χ2v) is 4.09. The highest BCUT2D eigenvalue weighted by atomic mass is 16.7. The molecule has 5 heteroatoms. The number of hydrogen-bond acceptors (Lipinski definition) is 5. The maximum Gasteiger partial charge on any atom is 0.172 e. The molecule has 0 saturated carbocycles. The van der Waals surface area contributed by atoms with Gasteiger partial charge in [-0.2, -0.15) is 0 Å². The van der Waals surface area contributed by atoms with Crippen LogP contribution in [0.5, 0.6) is 0 Å². The lowest BCUT2D eigenvalue weighted by Gasteiger charge is -2.21. The molecule has 5 nitrogen and oxygen atoms in total. The molecule has 0 spiro atoms. The van der Waals surface area contributed by atoms with Crippen LogP contribution in [0.4, 0.5) is 0 Å². The van der Waals surface area contributed by atoms with Crippen LogP contribution < -0.4 is 0 Å². The van der Waals surface area contributed by atoms with Gasteiger partial charge in [0.05, 0.1) is 25.2 Å². The van der Waals surface area contributed by atoms with Gasteiger partial charge in [-0.1, -0.05) is 0 Å². The third-order valence-corrected chi connectivity index (χ3v) is 2.81. The molecule has 1 saturated heterocycles. The fourth-order valence-electron chi connectivity index (χ4n) is 1.95. The average Bonchev–Trinajstić information content (AvgIpc) is 2.88. The van der Waals surface area contributed by atoms with E-state index in [1.807, 2.05) is 6.92 Å². The lowest BCUT2D eigenvalue weighted by molar-refractivity contribution is -0.142. The van der Waals surface area contributed by atoms with Crippen molar-refractivity contribution in [1.82, 2.24) is 0 Å². The van der Waals surface area contributed by atoms with Crippen LogP contribution in [0.25, 0.3) is 0 Å². The summed E-state index contributed by atoms with van der Waals surface area (Å²) in [6, 6.07) is 0. The summed E-state index contributed by atoms with van der Waals surface area (Å²) in [5, 5.41) is 0. The largest absolute Gasteiger partial charge is 0.468 e. The van der Waals surface area contributed by atoms with Gasteiger partial charge in [0, 0.05) is 12.0 Å². The van der Waals surface area contributed by atoms with E-state index in [1.165, 1.54) is 6.26 Å². The summed E-state index contributed by atoms with van der Waals surface area (Å²) in [6.45, 7) is 2.90. The van der Waals surface area contributed by atoms with E-state index in [4.69, 9.17) is 13.9 Å². The highest BCUT2D eigenvalue weighted by molar-refractivity contribution is 5.79. The molecule has 1 fully saturated rings. The van der Waals surface area contributed by atoms with E-state index in [0.29, 0.717) is 42.8 Å². The SMILES string of the molecule is CC1(Cc2occ(C=O)c2CC=O)OCCO1. The van der Waals surface area contributed by atoms with Gasteiger partial charge in [-0.15, -0.1) is 0 Å². The van der Waals surface area contributed by atoms with Crippen LogP contribution in [0.2, 0.25) is 0 Å². The van der Waals surface area contributed by atoms with Crippen molar-refractivity contribution in [2.45, 2.75) is 25.6 Å². The molecule has 0 bridgehead atoms. The first-order valence-corrected chi connectivity index (χ1v) is 5.44. The minimum Gasteiger partial charge on any atom is -0.468 e. The zero-order chi connectivity index (χ0) is 12.3. The summed E-state index contributed by atoms with van der Waals surface area (Å²) in [7, 11) is 0. The molecule has 0 radical (unpaired) electrons. The first kappa shape index (κ1) is 12.0. The second-order valence-electron chi connectivity index (χ2n) is 4.09. The topological polar surface area (TPSA) is 65.7 Å². The van der Waals surface area contributed by atoms with Gasteiger partial charge in [0.2, 0.25) is 0 Å². The van der Waals surface area contributed by atoms with E-state index in [1.54, 1.807) is 0 Å². The predicted molar refractivity (Wildman–Crippen MR) is 57.9 cm³/mol. The van der Waals surface area contributed by atoms with Crippen LogP contribution >= 0.6 is 0 Å². The fourth-order valence-corrected chi connectivity index (χ4v) is 1.95. The monoisotopic (exact) mass is 238 g/mol. The number of ether oxygens (including phenoxy) is 2. The molecule has 2 rings (SSSR count). The minimum atomic E-state index is -0.727. The fraction of sp³-hybridized carbons (Fsp3) is 0.500. The van der Waals surface area contributed by atoms with Crippen molar-refractivity contribution in [3.8, 4) is 0 Å². The van der Waals surface area contributed by atoms with Gasteiger partial charge in [-0.3, -0.25) is 4.79 Å². The minimum absolute atomic E-state index is 0.163. The normalized spacial score (nSPS) is 18.2. The van der Waals surface area contributed by atoms with Crippen molar-refractivity contribution in [2.75, 3.05) is 13.2 Å². The Labute approximate surface area is 98.7 Å². The molecule has 0 atom stereocenters. The van der Waals surface area contributed by atoms with Crippen molar-refractivity contribution in [3.05, 3.63) is 23.2 Å². The van der Waals surface area contributed by atoms with Gasteiger partial charge >= 0.3 is 0 Å². The Morgan fingerprint density at radius 2 is 2.06 bits per heavy atom. The van der Waals surface area contributed by atoms with E-state index in [0.717, 1.165) is 6.29 Å². The Kier molecular flexibility index (Phi) is 3.40. The quantitative estimate of drug-likeness (QED) is 0.719. The molecular weight excluding hydrogens is 224 g/mol. The van der Waals surface area contributed by atoms with Crippen LogP contribution in [-0.4, -0.2) is 31.6 Å². The van der Waals surface area contributed by atoms with Crippen molar-refractivity contribution in [1.29, 1.82) is 0 Å². The number of hydrogen-bond donors (Lipinski definition) is 0. The van der Waals surface area contributed by atoms with Crippen molar-refractivity contribution < 1.29 is 23.5 Å². The summed E-state index contributed by atoms with van der Waals surface area (Å²) in [4.78, 5) is 21.4. The zero-order valence-electron chi connectivity index (χ0n) is 9.60. The summed E-state index contributed by atoms with van der Waals surface area (Å²) in [5.41, 5.74) is 1.03. The summed E-state index contributed by atoms with van der Waals surface area (Å²) < 4.78 is 16.2. The molecule has 2 heterocycles. The number of aldehydes is 2. The molecule has 1 aromatic heterocycles. The molecule has 0 aromatic carbocycles. The number of rotatable bonds is 5. The summed E-state index contributed by atoms with van der Waals surface area (Å²) >= 11 is 0. The molecule has 0 N–H and O–H groups in total. The van der Waals surface area contributed by atoms with Gasteiger partial charge in [0.25, 0.3) is 0 Å². The van der Waals surface area contributed by atoms with E-state index in [9.17, 15) is 9.59 Å². The molecule has 1 aliphatic heterocycles. The van der Waals surface area contributed by atoms with Crippen LogP contribution in [0.3, 0.4) is 0 Å². The van der Waals surface area contributed by atoms with Gasteiger partial charge in [0.1, 0.15) is 18.3 Å². The maximum absolute atomic E-state index is 10.8. The first-order chi connectivity index (χ1) is 8.18. The van der Waals surface area contributed by atoms with Crippen LogP contribution in [0, 0.1) is 0 Å². The van der Waals surface area contributed by atoms with E-state index < -0.39 is 5.79 Å². The third-order valence-electron chi connectivity index (χ3n) is 2.81. The summed E-state index contributed by atoms with van der Waals surface area (Å²) in [6.07, 6.45) is 3.35. The second kappa shape index (κ2) is 4.81. The lowest BCUT2D eigenvalue weighted by atomic mass is 10.0. The molecule has 1 aromatic rings. The average molecular weight is 238 g/mol. The third kappa shape index (κ3) is 2.45. The standard InChI is InChI=1S/C12H14O5/c1-12(16-4-5-17-12)6-11-10(2-3-13)9(7-14)8-15-11/h3,7-8H,2,4-6H2,1H3. The van der Waals surface area contributed by atoms with Gasteiger partial charge in [-0.05, 0) is 6.92 Å². The van der Waals surface area contributed by atoms with E-state index >= 15 is 0 Å². The molecule has 0 unspecified atom stereocenters. The number of carbonyl (C=O) groups excluding carboxylic acids is 2. The Bertz CT molecular complexity index is 415. The highest BCUT2D eigenvalue weighted by Gasteiger charge is 2.33. The highest BCUT2D eigenvalue weighted by Crippen LogP contribution is 2.27. The van der Waals surface area contributed by atoms with Crippen LogP contribution in [-0.2, 0) is 27.1 Å². The molecule has 17 heavy (non-hydrogen) atoms. The van der Waals surface area contributed by atoms with E-state index in [2.05, 4.69) is 0 Å². The molecule has 0 amide bonds. The first-order valence-electron chi connectivity index (χ1n) is 5.44. The smallest absolute Gasteiger partial charge is 0.172 e. The van der Waals surface area contributed by atoms with Crippen molar-refractivity contribution in [3.63, 3.8) is 0 Å². The van der Waals surface area contributed by atoms with Crippen molar-refractivity contribution in [2.24, 2.45) is 0 Å². The number of carbonyl (C=O) groups is 2. The Morgan fingerprint density at radius 1 is 1.35 bits per heavy atom. The Balaban J connectivity index is 2.22. The lowest BCUT2D eigenvalue weighted by Crippen LogP contribution is -2.28. The van der Waals surface area contributed by atoms with Gasteiger partial charge < -0.3 is 18.7 Å². The Morgan fingerprint density at radius 3 is 2.65 bits per heavy atom. The van der Waals surface area contributed by atoms with Crippen LogP contribution in [0.15, 0.2) is 10.7 Å². The van der Waals surface area contributed by atoms with Crippen molar-refractivity contribution >= 4 is 12.6 Å². The molecule has 92 valence electrons. The molecule has 0 aliphatic carbocycles. The van der Waals surface area contributed by atoms with Crippen LogP contribution in [0.1, 0.15) is 28.6 Å². The zero-order valence-corrected chi connectivity index (χ0v) is 9.60. The molecular formula is C12H14O5. The summed E-state index contributed by atoms with van der Waals surface area (Å²) in [5.74, 6) is -0.154. The van der Waals surface area contributed by atoms with Gasteiger partial charge in [0.15, 0.2) is 12.1 Å².